The summed E-state index contributed by atoms with van der Waals surface area (Å²) in [7, 11) is 1.99. The van der Waals surface area contributed by atoms with E-state index in [-0.39, 0.29) is 6.04 Å². The van der Waals surface area contributed by atoms with Crippen LogP contribution < -0.4 is 5.32 Å². The minimum absolute atomic E-state index is 0.238. The van der Waals surface area contributed by atoms with Crippen molar-refractivity contribution in [3.8, 4) is 12.3 Å². The number of aromatic nitrogens is 2. The molecule has 1 aromatic carbocycles. The summed E-state index contributed by atoms with van der Waals surface area (Å²) in [5.74, 6) is 2.72. The number of hydrogen-bond donors (Lipinski definition) is 1. The van der Waals surface area contributed by atoms with E-state index in [1.807, 2.05) is 17.8 Å². The molecule has 100 valence electrons. The molecule has 1 N–H and O–H groups in total. The van der Waals surface area contributed by atoms with E-state index >= 15 is 0 Å². The largest absolute Gasteiger partial charge is 0.309 e. The second-order valence-corrected chi connectivity index (χ2v) is 4.78. The lowest BCUT2D eigenvalue weighted by Gasteiger charge is -2.15. The molecule has 0 amide bonds. The van der Waals surface area contributed by atoms with Crippen LogP contribution in [0.2, 0.25) is 0 Å². The molecule has 0 radical (unpaired) electrons. The third-order valence-corrected chi connectivity index (χ3v) is 3.33. The summed E-state index contributed by atoms with van der Waals surface area (Å²) in [5.41, 5.74) is 2.28. The molecule has 0 saturated carbocycles. The van der Waals surface area contributed by atoms with Gasteiger partial charge >= 0.3 is 0 Å². The molecule has 1 atom stereocenters. The highest BCUT2D eigenvalue weighted by molar-refractivity contribution is 5.82. The lowest BCUT2D eigenvalue weighted by Crippen LogP contribution is -2.22. The van der Waals surface area contributed by atoms with E-state index in [4.69, 9.17) is 6.42 Å². The van der Waals surface area contributed by atoms with Crippen molar-refractivity contribution < 1.29 is 0 Å². The van der Waals surface area contributed by atoms with Crippen LogP contribution >= 0.6 is 0 Å². The summed E-state index contributed by atoms with van der Waals surface area (Å²) in [6, 6.07) is 8.58. The normalized spacial score (nSPS) is 12.5. The summed E-state index contributed by atoms with van der Waals surface area (Å²) in [6.07, 6.45) is 8.20. The van der Waals surface area contributed by atoms with Crippen molar-refractivity contribution in [2.75, 3.05) is 6.54 Å². The molecule has 0 fully saturated rings. The van der Waals surface area contributed by atoms with Crippen LogP contribution in [0.15, 0.2) is 24.3 Å². The molecule has 0 bridgehead atoms. The standard InChI is InChI=1S/C16H21N3/c1-4-6-10-14(17-12-5-2)16-13-9-7-8-11-15(13)19(3)18-16/h1,7-9,11,14,17H,5-6,10,12H2,2-3H3. The lowest BCUT2D eigenvalue weighted by molar-refractivity contribution is 0.491. The Morgan fingerprint density at radius 3 is 2.95 bits per heavy atom. The molecule has 19 heavy (non-hydrogen) atoms. The van der Waals surface area contributed by atoms with Gasteiger partial charge in [-0.3, -0.25) is 4.68 Å². The van der Waals surface area contributed by atoms with Crippen LogP contribution in [0, 0.1) is 12.3 Å². The van der Waals surface area contributed by atoms with Crippen molar-refractivity contribution in [3.05, 3.63) is 30.0 Å². The summed E-state index contributed by atoms with van der Waals surface area (Å²) in [6.45, 7) is 3.15. The van der Waals surface area contributed by atoms with E-state index in [1.54, 1.807) is 0 Å². The highest BCUT2D eigenvalue weighted by Gasteiger charge is 2.17. The van der Waals surface area contributed by atoms with Crippen molar-refractivity contribution >= 4 is 10.9 Å². The predicted molar refractivity (Wildman–Crippen MR) is 79.8 cm³/mol. The minimum Gasteiger partial charge on any atom is -0.309 e. The zero-order valence-corrected chi connectivity index (χ0v) is 11.7. The molecule has 0 spiro atoms. The number of para-hydroxylation sites is 1. The number of aryl methyl sites for hydroxylation is 1. The van der Waals surface area contributed by atoms with E-state index in [9.17, 15) is 0 Å². The molecular formula is C16H21N3. The van der Waals surface area contributed by atoms with Crippen molar-refractivity contribution in [1.29, 1.82) is 0 Å². The zero-order chi connectivity index (χ0) is 13.7. The van der Waals surface area contributed by atoms with Gasteiger partial charge in [0.2, 0.25) is 0 Å². The molecular weight excluding hydrogens is 234 g/mol. The maximum atomic E-state index is 5.40. The van der Waals surface area contributed by atoms with Crippen molar-refractivity contribution in [1.82, 2.24) is 15.1 Å². The van der Waals surface area contributed by atoms with Crippen LogP contribution in [0.25, 0.3) is 10.9 Å². The van der Waals surface area contributed by atoms with Crippen molar-refractivity contribution in [2.45, 2.75) is 32.2 Å². The van der Waals surface area contributed by atoms with Gasteiger partial charge in [-0.25, -0.2) is 0 Å². The number of fused-ring (bicyclic) bond motifs is 1. The first kappa shape index (κ1) is 13.6. The molecule has 0 saturated heterocycles. The van der Waals surface area contributed by atoms with E-state index in [2.05, 4.69) is 41.5 Å². The number of rotatable bonds is 6. The van der Waals surface area contributed by atoms with Gasteiger partial charge in [-0.15, -0.1) is 12.3 Å². The smallest absolute Gasteiger partial charge is 0.0872 e. The fraction of sp³-hybridized carbons (Fsp3) is 0.438. The molecule has 2 rings (SSSR count). The molecule has 0 aliphatic rings. The summed E-state index contributed by atoms with van der Waals surface area (Å²) in [4.78, 5) is 0. The Hall–Kier alpha value is -1.79. The monoisotopic (exact) mass is 255 g/mol. The Balaban J connectivity index is 2.35. The average molecular weight is 255 g/mol. The zero-order valence-electron chi connectivity index (χ0n) is 11.7. The summed E-state index contributed by atoms with van der Waals surface area (Å²) < 4.78 is 1.95. The topological polar surface area (TPSA) is 29.9 Å². The van der Waals surface area contributed by atoms with Crippen LogP contribution in [-0.2, 0) is 7.05 Å². The summed E-state index contributed by atoms with van der Waals surface area (Å²) >= 11 is 0. The third kappa shape index (κ3) is 2.97. The van der Waals surface area contributed by atoms with Crippen molar-refractivity contribution in [2.24, 2.45) is 7.05 Å². The molecule has 1 heterocycles. The highest BCUT2D eigenvalue weighted by atomic mass is 15.3. The molecule has 0 aliphatic heterocycles. The van der Waals surface area contributed by atoms with E-state index in [0.717, 1.165) is 31.5 Å². The SMILES string of the molecule is C#CCCC(NCCC)c1nn(C)c2ccccc12. The van der Waals surface area contributed by atoms with Gasteiger partial charge in [0, 0.05) is 18.9 Å². The average Bonchev–Trinajstić information content (AvgIpc) is 2.77. The minimum atomic E-state index is 0.238. The van der Waals surface area contributed by atoms with Crippen LogP contribution in [0.1, 0.15) is 37.9 Å². The van der Waals surface area contributed by atoms with Crippen LogP contribution in [-0.4, -0.2) is 16.3 Å². The van der Waals surface area contributed by atoms with E-state index < -0.39 is 0 Å². The van der Waals surface area contributed by atoms with Gasteiger partial charge in [0.15, 0.2) is 0 Å². The first-order chi connectivity index (χ1) is 9.27. The van der Waals surface area contributed by atoms with Crippen molar-refractivity contribution in [3.63, 3.8) is 0 Å². The maximum Gasteiger partial charge on any atom is 0.0872 e. The quantitative estimate of drug-likeness (QED) is 0.804. The molecule has 0 aliphatic carbocycles. The van der Waals surface area contributed by atoms with Crippen LogP contribution in [0.4, 0.5) is 0 Å². The molecule has 1 aromatic heterocycles. The Labute approximate surface area is 115 Å². The van der Waals surface area contributed by atoms with Crippen LogP contribution in [0.3, 0.4) is 0 Å². The number of nitrogens with one attached hydrogen (secondary N) is 1. The van der Waals surface area contributed by atoms with Gasteiger partial charge in [-0.2, -0.15) is 5.10 Å². The Morgan fingerprint density at radius 1 is 1.42 bits per heavy atom. The first-order valence-corrected chi connectivity index (χ1v) is 6.86. The number of nitrogens with zero attached hydrogens (tertiary/aromatic N) is 2. The number of benzene rings is 1. The number of hydrogen-bond acceptors (Lipinski definition) is 2. The van der Waals surface area contributed by atoms with Gasteiger partial charge in [0.25, 0.3) is 0 Å². The Morgan fingerprint density at radius 2 is 2.21 bits per heavy atom. The van der Waals surface area contributed by atoms with Gasteiger partial charge in [-0.1, -0.05) is 25.1 Å². The summed E-state index contributed by atoms with van der Waals surface area (Å²) in [5, 5.41) is 9.45. The third-order valence-electron chi connectivity index (χ3n) is 3.33. The predicted octanol–water partition coefficient (Wildman–Crippen LogP) is 3.03. The van der Waals surface area contributed by atoms with E-state index in [0.29, 0.717) is 0 Å². The van der Waals surface area contributed by atoms with Gasteiger partial charge in [0.1, 0.15) is 0 Å². The van der Waals surface area contributed by atoms with Gasteiger partial charge < -0.3 is 5.32 Å². The van der Waals surface area contributed by atoms with Gasteiger partial charge in [-0.05, 0) is 25.5 Å². The fourth-order valence-electron chi connectivity index (χ4n) is 2.38. The second kappa shape index (κ2) is 6.40. The van der Waals surface area contributed by atoms with E-state index in [1.165, 1.54) is 10.9 Å². The lowest BCUT2D eigenvalue weighted by atomic mass is 10.0. The Kier molecular flexibility index (Phi) is 4.59. The van der Waals surface area contributed by atoms with Crippen LogP contribution in [0.5, 0.6) is 0 Å². The molecule has 3 heteroatoms. The first-order valence-electron chi connectivity index (χ1n) is 6.86. The maximum absolute atomic E-state index is 5.40. The fourth-order valence-corrected chi connectivity index (χ4v) is 2.38. The number of terminal acetylenes is 1. The Bertz CT molecular complexity index is 577. The second-order valence-electron chi connectivity index (χ2n) is 4.78. The highest BCUT2D eigenvalue weighted by Crippen LogP contribution is 2.25. The molecule has 3 nitrogen and oxygen atoms in total. The molecule has 1 unspecified atom stereocenters. The molecule has 2 aromatic rings. The van der Waals surface area contributed by atoms with Gasteiger partial charge in [0.05, 0.1) is 17.3 Å².